The minimum Gasteiger partial charge on any atom is -0.416 e. The molecular weight excluding hydrogens is 327 g/mol. The smallest absolute Gasteiger partial charge is 0.343 e. The SMILES string of the molecule is CSc1ccc(C(=O)Oc2c(F)c(F)c(F)c(F)c2F)cc1. The van der Waals surface area contributed by atoms with E-state index in [1.54, 1.807) is 18.4 Å². The van der Waals surface area contributed by atoms with Crippen molar-refractivity contribution >= 4 is 17.7 Å². The van der Waals surface area contributed by atoms with Crippen molar-refractivity contribution in [2.24, 2.45) is 0 Å². The van der Waals surface area contributed by atoms with Crippen molar-refractivity contribution in [2.45, 2.75) is 4.90 Å². The Morgan fingerprint density at radius 3 is 1.77 bits per heavy atom. The maximum Gasteiger partial charge on any atom is 0.343 e. The molecule has 2 nitrogen and oxygen atoms in total. The minimum absolute atomic E-state index is 0.0956. The van der Waals surface area contributed by atoms with E-state index in [2.05, 4.69) is 4.74 Å². The number of hydrogen-bond acceptors (Lipinski definition) is 3. The van der Waals surface area contributed by atoms with Gasteiger partial charge in [0, 0.05) is 4.90 Å². The summed E-state index contributed by atoms with van der Waals surface area (Å²) in [4.78, 5) is 12.5. The summed E-state index contributed by atoms with van der Waals surface area (Å²) < 4.78 is 70.0. The van der Waals surface area contributed by atoms with Crippen LogP contribution in [0.3, 0.4) is 0 Å². The first-order valence-electron chi connectivity index (χ1n) is 5.74. The zero-order valence-electron chi connectivity index (χ0n) is 10.9. The molecule has 0 aliphatic heterocycles. The molecule has 0 amide bonds. The summed E-state index contributed by atoms with van der Waals surface area (Å²) in [6.45, 7) is 0. The molecule has 2 rings (SSSR count). The van der Waals surface area contributed by atoms with Crippen molar-refractivity contribution < 1.29 is 31.5 Å². The van der Waals surface area contributed by atoms with Gasteiger partial charge in [-0.15, -0.1) is 11.8 Å². The fourth-order valence-corrected chi connectivity index (χ4v) is 1.96. The van der Waals surface area contributed by atoms with E-state index < -0.39 is 40.8 Å². The van der Waals surface area contributed by atoms with Crippen LogP contribution in [-0.2, 0) is 0 Å². The normalized spacial score (nSPS) is 10.6. The Hall–Kier alpha value is -2.09. The molecule has 0 bridgehead atoms. The van der Waals surface area contributed by atoms with Crippen LogP contribution >= 0.6 is 11.8 Å². The molecular formula is C14H7F5O2S. The average molecular weight is 334 g/mol. The Labute approximate surface area is 125 Å². The van der Waals surface area contributed by atoms with E-state index in [9.17, 15) is 26.7 Å². The Balaban J connectivity index is 2.36. The molecule has 0 heterocycles. The molecule has 0 atom stereocenters. The van der Waals surface area contributed by atoms with Gasteiger partial charge in [0.1, 0.15) is 0 Å². The molecule has 8 heteroatoms. The van der Waals surface area contributed by atoms with Crippen LogP contribution in [0.2, 0.25) is 0 Å². The number of thioether (sulfide) groups is 1. The number of carbonyl (C=O) groups is 1. The first-order valence-corrected chi connectivity index (χ1v) is 6.97. The van der Waals surface area contributed by atoms with Crippen molar-refractivity contribution in [2.75, 3.05) is 6.26 Å². The summed E-state index contributed by atoms with van der Waals surface area (Å²) in [6.07, 6.45) is 1.79. The van der Waals surface area contributed by atoms with Gasteiger partial charge in [-0.2, -0.15) is 8.78 Å². The highest BCUT2D eigenvalue weighted by molar-refractivity contribution is 7.98. The number of hydrogen-bond donors (Lipinski definition) is 0. The third-order valence-corrected chi connectivity index (χ3v) is 3.43. The maximum absolute atomic E-state index is 13.4. The van der Waals surface area contributed by atoms with Gasteiger partial charge in [0.15, 0.2) is 0 Å². The lowest BCUT2D eigenvalue weighted by Gasteiger charge is -2.09. The van der Waals surface area contributed by atoms with Gasteiger partial charge in [-0.05, 0) is 30.5 Å². The molecule has 2 aromatic carbocycles. The number of carbonyl (C=O) groups excluding carboxylic acids is 1. The summed E-state index contributed by atoms with van der Waals surface area (Å²) in [5.74, 6) is -14.0. The zero-order chi connectivity index (χ0) is 16.4. The second-order valence-corrected chi connectivity index (χ2v) is 4.90. The standard InChI is InChI=1S/C14H7F5O2S/c1-22-7-4-2-6(3-5-7)14(20)21-13-11(18)9(16)8(15)10(17)12(13)19/h2-5H,1H3. The van der Waals surface area contributed by atoms with Crippen molar-refractivity contribution in [3.8, 4) is 5.75 Å². The molecule has 0 unspecified atom stereocenters. The fraction of sp³-hybridized carbons (Fsp3) is 0.0714. The van der Waals surface area contributed by atoms with Crippen LogP contribution in [-0.4, -0.2) is 12.2 Å². The molecule has 0 aliphatic rings. The molecule has 2 aromatic rings. The van der Waals surface area contributed by atoms with Gasteiger partial charge >= 0.3 is 5.97 Å². The van der Waals surface area contributed by atoms with Gasteiger partial charge in [0.05, 0.1) is 5.56 Å². The van der Waals surface area contributed by atoms with Crippen LogP contribution in [0.5, 0.6) is 5.75 Å². The van der Waals surface area contributed by atoms with Gasteiger partial charge in [-0.25, -0.2) is 18.0 Å². The van der Waals surface area contributed by atoms with Crippen molar-refractivity contribution in [1.29, 1.82) is 0 Å². The van der Waals surface area contributed by atoms with E-state index in [0.29, 0.717) is 0 Å². The summed E-state index contributed by atoms with van der Waals surface area (Å²) in [5, 5.41) is 0. The Morgan fingerprint density at radius 1 is 0.864 bits per heavy atom. The molecule has 116 valence electrons. The van der Waals surface area contributed by atoms with E-state index in [-0.39, 0.29) is 5.56 Å². The van der Waals surface area contributed by atoms with Gasteiger partial charge in [0.25, 0.3) is 0 Å². The predicted molar refractivity (Wildman–Crippen MR) is 69.4 cm³/mol. The van der Waals surface area contributed by atoms with Crippen LogP contribution in [0, 0.1) is 29.1 Å². The fourth-order valence-electron chi connectivity index (χ4n) is 1.55. The molecule has 0 saturated heterocycles. The van der Waals surface area contributed by atoms with Gasteiger partial charge in [-0.1, -0.05) is 0 Å². The molecule has 0 saturated carbocycles. The summed E-state index contributed by atoms with van der Waals surface area (Å²) in [5.41, 5.74) is -0.0956. The van der Waals surface area contributed by atoms with E-state index in [1.165, 1.54) is 23.9 Å². The molecule has 22 heavy (non-hydrogen) atoms. The van der Waals surface area contributed by atoms with Crippen LogP contribution in [0.1, 0.15) is 10.4 Å². The van der Waals surface area contributed by atoms with Crippen molar-refractivity contribution in [3.05, 3.63) is 58.9 Å². The van der Waals surface area contributed by atoms with Crippen LogP contribution in [0.4, 0.5) is 22.0 Å². The van der Waals surface area contributed by atoms with E-state index in [1.807, 2.05) is 0 Å². The molecule has 0 fully saturated rings. The highest BCUT2D eigenvalue weighted by Crippen LogP contribution is 2.29. The van der Waals surface area contributed by atoms with Crippen LogP contribution in [0.25, 0.3) is 0 Å². The lowest BCUT2D eigenvalue weighted by atomic mass is 10.2. The largest absolute Gasteiger partial charge is 0.416 e. The summed E-state index contributed by atoms with van der Waals surface area (Å²) >= 11 is 1.39. The lowest BCUT2D eigenvalue weighted by molar-refractivity contribution is 0.0716. The van der Waals surface area contributed by atoms with Crippen molar-refractivity contribution in [1.82, 2.24) is 0 Å². The quantitative estimate of drug-likeness (QED) is 0.209. The second kappa shape index (κ2) is 6.35. The third kappa shape index (κ3) is 2.92. The maximum atomic E-state index is 13.4. The summed E-state index contributed by atoms with van der Waals surface area (Å²) in [6, 6.07) is 5.69. The van der Waals surface area contributed by atoms with E-state index in [0.717, 1.165) is 4.90 Å². The minimum atomic E-state index is -2.32. The highest BCUT2D eigenvalue weighted by atomic mass is 32.2. The monoisotopic (exact) mass is 334 g/mol. The molecule has 0 N–H and O–H groups in total. The van der Waals surface area contributed by atoms with E-state index >= 15 is 0 Å². The Morgan fingerprint density at radius 2 is 1.32 bits per heavy atom. The number of halogens is 5. The van der Waals surface area contributed by atoms with Crippen molar-refractivity contribution in [3.63, 3.8) is 0 Å². The van der Waals surface area contributed by atoms with Gasteiger partial charge in [0.2, 0.25) is 34.8 Å². The first-order chi connectivity index (χ1) is 10.4. The second-order valence-electron chi connectivity index (χ2n) is 4.02. The highest BCUT2D eigenvalue weighted by Gasteiger charge is 2.28. The van der Waals surface area contributed by atoms with E-state index in [4.69, 9.17) is 0 Å². The first kappa shape index (κ1) is 16.3. The number of rotatable bonds is 3. The predicted octanol–water partition coefficient (Wildman–Crippen LogP) is 4.32. The Kier molecular flexibility index (Phi) is 4.70. The number of esters is 1. The lowest BCUT2D eigenvalue weighted by Crippen LogP contribution is -2.13. The number of benzene rings is 2. The number of ether oxygens (including phenoxy) is 1. The van der Waals surface area contributed by atoms with Crippen LogP contribution < -0.4 is 4.74 Å². The molecule has 0 radical (unpaired) electrons. The van der Waals surface area contributed by atoms with Gasteiger partial charge in [-0.3, -0.25) is 0 Å². The molecule has 0 aromatic heterocycles. The zero-order valence-corrected chi connectivity index (χ0v) is 11.7. The van der Waals surface area contributed by atoms with Crippen LogP contribution in [0.15, 0.2) is 29.2 Å². The summed E-state index contributed by atoms with van der Waals surface area (Å²) in [7, 11) is 0. The Bertz CT molecular complexity index is 702. The molecule has 0 spiro atoms. The molecule has 0 aliphatic carbocycles. The average Bonchev–Trinajstić information content (AvgIpc) is 2.55. The third-order valence-electron chi connectivity index (χ3n) is 2.69. The topological polar surface area (TPSA) is 26.3 Å². The van der Waals surface area contributed by atoms with Gasteiger partial charge < -0.3 is 4.74 Å².